The minimum atomic E-state index is 0.775. The van der Waals surface area contributed by atoms with Crippen LogP contribution in [0.4, 0.5) is 0 Å². The summed E-state index contributed by atoms with van der Waals surface area (Å²) >= 11 is 0. The van der Waals surface area contributed by atoms with Crippen LogP contribution in [0.3, 0.4) is 0 Å². The number of hydrogen-bond acceptors (Lipinski definition) is 3. The number of allylic oxidation sites excluding steroid dienone is 1. The maximum absolute atomic E-state index is 4.16. The molecule has 2 aliphatic rings. The third-order valence-corrected chi connectivity index (χ3v) is 4.12. The molecule has 0 amide bonds. The first kappa shape index (κ1) is 12.3. The van der Waals surface area contributed by atoms with Gasteiger partial charge in [0.15, 0.2) is 5.65 Å². The molecule has 4 nitrogen and oxygen atoms in total. The summed E-state index contributed by atoms with van der Waals surface area (Å²) in [6.07, 6.45) is 14.5. The van der Waals surface area contributed by atoms with Crippen molar-refractivity contribution in [2.75, 3.05) is 0 Å². The van der Waals surface area contributed by atoms with Crippen LogP contribution in [0.25, 0.3) is 17.2 Å². The van der Waals surface area contributed by atoms with Crippen molar-refractivity contribution in [3.05, 3.63) is 60.3 Å². The van der Waals surface area contributed by atoms with Gasteiger partial charge in [-0.05, 0) is 54.0 Å². The number of pyridine rings is 2. The van der Waals surface area contributed by atoms with Gasteiger partial charge in [0.05, 0.1) is 11.8 Å². The van der Waals surface area contributed by atoms with E-state index in [9.17, 15) is 0 Å². The van der Waals surface area contributed by atoms with Crippen LogP contribution in [0.2, 0.25) is 0 Å². The molecule has 1 saturated carbocycles. The molecule has 0 spiro atoms. The largest absolute Gasteiger partial charge is 0.343 e. The van der Waals surface area contributed by atoms with E-state index in [-0.39, 0.29) is 0 Å². The van der Waals surface area contributed by atoms with Crippen molar-refractivity contribution < 1.29 is 0 Å². The highest BCUT2D eigenvalue weighted by atomic mass is 14.9. The number of imidazole rings is 1. The van der Waals surface area contributed by atoms with Crippen molar-refractivity contribution in [1.82, 2.24) is 19.9 Å². The van der Waals surface area contributed by atoms with Gasteiger partial charge in [0, 0.05) is 18.6 Å². The monoisotopic (exact) mass is 276 g/mol. The van der Waals surface area contributed by atoms with Gasteiger partial charge in [-0.2, -0.15) is 0 Å². The third kappa shape index (κ3) is 2.57. The van der Waals surface area contributed by atoms with Gasteiger partial charge in [0.25, 0.3) is 0 Å². The molecule has 0 aromatic carbocycles. The molecule has 5 rings (SSSR count). The zero-order valence-corrected chi connectivity index (χ0v) is 11.6. The number of hydrogen-bond donors (Lipinski definition) is 1. The minimum Gasteiger partial charge on any atom is -0.343 e. The Labute approximate surface area is 123 Å². The van der Waals surface area contributed by atoms with Gasteiger partial charge in [-0.25, -0.2) is 9.97 Å². The lowest BCUT2D eigenvalue weighted by Crippen LogP contribution is -1.91. The fourth-order valence-corrected chi connectivity index (χ4v) is 2.80. The maximum Gasteiger partial charge on any atom is 0.177 e. The molecule has 0 aliphatic heterocycles. The molecular formula is C17H16N4. The number of fused-ring (bicyclic) bond motifs is 3. The lowest BCUT2D eigenvalue weighted by molar-refractivity contribution is 0.786. The predicted octanol–water partition coefficient (Wildman–Crippen LogP) is 3.24. The number of aromatic amines is 1. The number of nitrogens with zero attached hydrogens (tertiary/aromatic N) is 3. The zero-order chi connectivity index (χ0) is 14.1. The quantitative estimate of drug-likeness (QED) is 0.685. The second kappa shape index (κ2) is 5.13. The van der Waals surface area contributed by atoms with E-state index in [1.807, 2.05) is 24.5 Å². The van der Waals surface area contributed by atoms with Gasteiger partial charge in [-0.15, -0.1) is 0 Å². The molecule has 2 atom stereocenters. The molecule has 0 bridgehead atoms. The van der Waals surface area contributed by atoms with Crippen LogP contribution < -0.4 is 0 Å². The Kier molecular flexibility index (Phi) is 2.99. The van der Waals surface area contributed by atoms with Crippen molar-refractivity contribution >= 4 is 17.2 Å². The summed E-state index contributed by atoms with van der Waals surface area (Å²) in [5.74, 6) is 1.80. The lowest BCUT2D eigenvalue weighted by atomic mass is 10.1. The van der Waals surface area contributed by atoms with Crippen LogP contribution in [0.15, 0.2) is 49.2 Å². The van der Waals surface area contributed by atoms with Crippen molar-refractivity contribution in [2.24, 2.45) is 11.8 Å². The van der Waals surface area contributed by atoms with E-state index in [0.29, 0.717) is 0 Å². The van der Waals surface area contributed by atoms with Gasteiger partial charge in [-0.1, -0.05) is 12.2 Å². The Hall–Kier alpha value is -2.49. The standard InChI is InChI=1S/C11H11N.C6H5N3/c1-2-9-5-10(9)6-11-7-12-4-3-8(1)11;1-2-5-6(7-3-1)9-4-8-5/h1-4,7,9-10H,5-6H2;1-4H,(H,7,8,9). The van der Waals surface area contributed by atoms with Crippen molar-refractivity contribution in [3.8, 4) is 0 Å². The first-order chi connectivity index (χ1) is 10.4. The van der Waals surface area contributed by atoms with Gasteiger partial charge in [0.2, 0.25) is 0 Å². The van der Waals surface area contributed by atoms with Gasteiger partial charge >= 0.3 is 0 Å². The zero-order valence-electron chi connectivity index (χ0n) is 11.6. The minimum absolute atomic E-state index is 0.775. The summed E-state index contributed by atoms with van der Waals surface area (Å²) in [4.78, 5) is 15.1. The first-order valence-corrected chi connectivity index (χ1v) is 7.25. The number of aromatic nitrogens is 4. The Balaban J connectivity index is 0.000000115. The molecule has 3 aromatic rings. The number of H-pyrrole nitrogens is 1. The SMILES string of the molecule is C1=CC2CC2Cc2cnccc21.c1cnc2nc[nH]c2c1. The molecule has 4 heteroatoms. The van der Waals surface area contributed by atoms with Crippen LogP contribution in [0.1, 0.15) is 17.5 Å². The Morgan fingerprint density at radius 2 is 2.14 bits per heavy atom. The second-order valence-electron chi connectivity index (χ2n) is 5.57. The lowest BCUT2D eigenvalue weighted by Gasteiger charge is -2.01. The smallest absolute Gasteiger partial charge is 0.177 e. The normalized spacial score (nSPS) is 21.7. The first-order valence-electron chi connectivity index (χ1n) is 7.25. The summed E-state index contributed by atoms with van der Waals surface area (Å²) in [5, 5.41) is 0. The fraction of sp³-hybridized carbons (Fsp3) is 0.235. The molecule has 2 aliphatic carbocycles. The summed E-state index contributed by atoms with van der Waals surface area (Å²) in [5.41, 5.74) is 4.56. The molecule has 0 saturated heterocycles. The average Bonchev–Trinajstić information content (AvgIpc) is 3.12. The van der Waals surface area contributed by atoms with Crippen LogP contribution in [0, 0.1) is 11.8 Å². The van der Waals surface area contributed by atoms with E-state index in [0.717, 1.165) is 23.0 Å². The summed E-state index contributed by atoms with van der Waals surface area (Å²) in [6, 6.07) is 5.92. The number of nitrogens with one attached hydrogen (secondary N) is 1. The predicted molar refractivity (Wildman–Crippen MR) is 82.5 cm³/mol. The van der Waals surface area contributed by atoms with E-state index in [1.165, 1.54) is 24.0 Å². The number of rotatable bonds is 0. The van der Waals surface area contributed by atoms with E-state index >= 15 is 0 Å². The molecule has 0 radical (unpaired) electrons. The topological polar surface area (TPSA) is 54.5 Å². The van der Waals surface area contributed by atoms with Crippen molar-refractivity contribution in [2.45, 2.75) is 12.8 Å². The molecule has 104 valence electrons. The van der Waals surface area contributed by atoms with E-state index in [4.69, 9.17) is 0 Å². The highest BCUT2D eigenvalue weighted by Gasteiger charge is 2.36. The summed E-state index contributed by atoms with van der Waals surface area (Å²) in [6.45, 7) is 0. The molecule has 3 aromatic heterocycles. The average molecular weight is 276 g/mol. The Bertz CT molecular complexity index is 760. The summed E-state index contributed by atoms with van der Waals surface area (Å²) < 4.78 is 0. The molecule has 1 fully saturated rings. The van der Waals surface area contributed by atoms with Crippen LogP contribution in [-0.4, -0.2) is 19.9 Å². The van der Waals surface area contributed by atoms with E-state index < -0.39 is 0 Å². The Morgan fingerprint density at radius 3 is 3.10 bits per heavy atom. The van der Waals surface area contributed by atoms with Crippen molar-refractivity contribution in [1.29, 1.82) is 0 Å². The van der Waals surface area contributed by atoms with E-state index in [1.54, 1.807) is 12.5 Å². The van der Waals surface area contributed by atoms with Gasteiger partial charge in [0.1, 0.15) is 0 Å². The molecule has 21 heavy (non-hydrogen) atoms. The van der Waals surface area contributed by atoms with Gasteiger partial charge in [-0.3, -0.25) is 4.98 Å². The highest BCUT2D eigenvalue weighted by Crippen LogP contribution is 2.44. The molecule has 3 heterocycles. The summed E-state index contributed by atoms with van der Waals surface area (Å²) in [7, 11) is 0. The maximum atomic E-state index is 4.16. The second-order valence-corrected chi connectivity index (χ2v) is 5.57. The third-order valence-electron chi connectivity index (χ3n) is 4.12. The fourth-order valence-electron chi connectivity index (χ4n) is 2.80. The molecule has 1 N–H and O–H groups in total. The highest BCUT2D eigenvalue weighted by molar-refractivity contribution is 5.68. The van der Waals surface area contributed by atoms with Crippen LogP contribution >= 0.6 is 0 Å². The van der Waals surface area contributed by atoms with Crippen molar-refractivity contribution in [3.63, 3.8) is 0 Å². The molecular weight excluding hydrogens is 260 g/mol. The molecule has 2 unspecified atom stereocenters. The van der Waals surface area contributed by atoms with Crippen LogP contribution in [-0.2, 0) is 6.42 Å². The Morgan fingerprint density at radius 1 is 1.14 bits per heavy atom. The van der Waals surface area contributed by atoms with E-state index in [2.05, 4.69) is 38.2 Å². The van der Waals surface area contributed by atoms with Gasteiger partial charge < -0.3 is 4.98 Å². The van der Waals surface area contributed by atoms with Crippen LogP contribution in [0.5, 0.6) is 0 Å².